The van der Waals surface area contributed by atoms with Crippen molar-refractivity contribution in [2.24, 2.45) is 12.5 Å². The van der Waals surface area contributed by atoms with Gasteiger partial charge in [-0.25, -0.2) is 8.42 Å². The summed E-state index contributed by atoms with van der Waals surface area (Å²) in [5.41, 5.74) is -0.180. The number of nitrogens with zero attached hydrogens (tertiary/aromatic N) is 4. The first kappa shape index (κ1) is 21.6. The summed E-state index contributed by atoms with van der Waals surface area (Å²) in [7, 11) is -2.14. The molecule has 2 fully saturated rings. The summed E-state index contributed by atoms with van der Waals surface area (Å²) in [5, 5.41) is 4.01. The molecule has 8 nitrogen and oxygen atoms in total. The molecular formula is C19H21F3N4O4S. The van der Waals surface area contributed by atoms with Crippen molar-refractivity contribution in [1.82, 2.24) is 14.1 Å². The van der Waals surface area contributed by atoms with E-state index in [4.69, 9.17) is 0 Å². The molecule has 2 aromatic rings. The zero-order chi connectivity index (χ0) is 22.4. The zero-order valence-corrected chi connectivity index (χ0v) is 17.5. The molecule has 0 radical (unpaired) electrons. The molecule has 1 aromatic carbocycles. The fourth-order valence-corrected chi connectivity index (χ4v) is 5.80. The smallest absolute Gasteiger partial charge is 0.406 e. The van der Waals surface area contributed by atoms with Crippen molar-refractivity contribution >= 4 is 21.6 Å². The Morgan fingerprint density at radius 1 is 1.03 bits per heavy atom. The van der Waals surface area contributed by atoms with E-state index in [1.807, 2.05) is 0 Å². The number of halogens is 3. The van der Waals surface area contributed by atoms with E-state index in [9.17, 15) is 26.4 Å². The van der Waals surface area contributed by atoms with Crippen LogP contribution in [0.5, 0.6) is 5.75 Å². The number of hydrogen-bond acceptors (Lipinski definition) is 5. The van der Waals surface area contributed by atoms with Crippen molar-refractivity contribution < 1.29 is 31.1 Å². The quantitative estimate of drug-likeness (QED) is 0.703. The molecule has 0 N–H and O–H groups in total. The number of benzene rings is 1. The summed E-state index contributed by atoms with van der Waals surface area (Å²) in [5.74, 6) is -0.485. The summed E-state index contributed by atoms with van der Waals surface area (Å²) in [6, 6.07) is 6.61. The van der Waals surface area contributed by atoms with Gasteiger partial charge in [-0.1, -0.05) is 0 Å². The molecule has 0 saturated carbocycles. The van der Waals surface area contributed by atoms with Crippen LogP contribution in [-0.2, 0) is 21.9 Å². The summed E-state index contributed by atoms with van der Waals surface area (Å²) in [4.78, 5) is 14.7. The monoisotopic (exact) mass is 458 g/mol. The second-order valence-electron chi connectivity index (χ2n) is 7.73. The molecular weight excluding hydrogens is 437 g/mol. The Morgan fingerprint density at radius 2 is 1.65 bits per heavy atom. The first-order valence-electron chi connectivity index (χ1n) is 9.68. The average molecular weight is 458 g/mol. The van der Waals surface area contributed by atoms with Crippen LogP contribution in [0.3, 0.4) is 0 Å². The maximum atomic E-state index is 13.2. The van der Waals surface area contributed by atoms with Gasteiger partial charge in [0.05, 0.1) is 11.6 Å². The second-order valence-corrected chi connectivity index (χ2v) is 9.61. The number of anilines is 1. The lowest BCUT2D eigenvalue weighted by Gasteiger charge is -2.37. The highest BCUT2D eigenvalue weighted by atomic mass is 32.2. The number of rotatable bonds is 4. The minimum absolute atomic E-state index is 0.101. The largest absolute Gasteiger partial charge is 0.573 e. The number of carbonyl (C=O) groups excluding carboxylic acids is 1. The number of aromatic nitrogens is 2. The third-order valence-corrected chi connectivity index (χ3v) is 7.93. The van der Waals surface area contributed by atoms with Gasteiger partial charge in [0, 0.05) is 32.4 Å². The molecule has 1 spiro atoms. The van der Waals surface area contributed by atoms with E-state index in [1.165, 1.54) is 45.5 Å². The van der Waals surface area contributed by atoms with Crippen LogP contribution in [0.15, 0.2) is 41.6 Å². The Bertz CT molecular complexity index is 1070. The van der Waals surface area contributed by atoms with Gasteiger partial charge in [0.25, 0.3) is 10.0 Å². The van der Waals surface area contributed by atoms with Crippen molar-refractivity contribution in [3.05, 3.63) is 36.5 Å². The molecule has 1 amide bonds. The fraction of sp³-hybridized carbons (Fsp3) is 0.474. The Morgan fingerprint density at radius 3 is 2.19 bits per heavy atom. The number of carbonyl (C=O) groups is 1. The standard InChI is InChI=1S/C19H21F3N4O4S/c1-24-16(6-10-23-24)31(28,29)25-11-7-18(8-12-25)9-13-26(17(18)27)14-2-4-15(5-3-14)30-19(20,21)22/h2-6,10H,7-9,11-13H2,1H3. The van der Waals surface area contributed by atoms with Gasteiger partial charge in [0.2, 0.25) is 5.91 Å². The Hall–Kier alpha value is -2.60. The van der Waals surface area contributed by atoms with Crippen LogP contribution in [-0.4, -0.2) is 54.4 Å². The first-order chi connectivity index (χ1) is 14.5. The van der Waals surface area contributed by atoms with Crippen molar-refractivity contribution in [3.8, 4) is 5.75 Å². The predicted molar refractivity (Wildman–Crippen MR) is 104 cm³/mol. The highest BCUT2D eigenvalue weighted by Crippen LogP contribution is 2.44. The number of ether oxygens (including phenoxy) is 1. The molecule has 0 atom stereocenters. The van der Waals surface area contributed by atoms with Crippen molar-refractivity contribution in [3.63, 3.8) is 0 Å². The molecule has 168 valence electrons. The van der Waals surface area contributed by atoms with Gasteiger partial charge in [-0.15, -0.1) is 13.2 Å². The molecule has 0 unspecified atom stereocenters. The van der Waals surface area contributed by atoms with E-state index < -0.39 is 21.8 Å². The van der Waals surface area contributed by atoms with Gasteiger partial charge in [-0.2, -0.15) is 9.40 Å². The zero-order valence-electron chi connectivity index (χ0n) is 16.7. The van der Waals surface area contributed by atoms with Crippen molar-refractivity contribution in [2.45, 2.75) is 30.7 Å². The molecule has 2 saturated heterocycles. The highest BCUT2D eigenvalue weighted by molar-refractivity contribution is 7.89. The van der Waals surface area contributed by atoms with E-state index in [0.717, 1.165) is 0 Å². The number of alkyl halides is 3. The molecule has 3 heterocycles. The van der Waals surface area contributed by atoms with Gasteiger partial charge in [0.1, 0.15) is 5.75 Å². The Balaban J connectivity index is 1.44. The molecule has 31 heavy (non-hydrogen) atoms. The lowest BCUT2D eigenvalue weighted by atomic mass is 9.77. The van der Waals surface area contributed by atoms with Crippen LogP contribution in [0.4, 0.5) is 18.9 Å². The van der Waals surface area contributed by atoms with Crippen LogP contribution in [0.25, 0.3) is 0 Å². The van der Waals surface area contributed by atoms with Gasteiger partial charge in [0.15, 0.2) is 5.03 Å². The third-order valence-electron chi connectivity index (χ3n) is 5.95. The maximum Gasteiger partial charge on any atom is 0.573 e. The van der Waals surface area contributed by atoms with Crippen molar-refractivity contribution in [2.75, 3.05) is 24.5 Å². The van der Waals surface area contributed by atoms with E-state index in [2.05, 4.69) is 9.84 Å². The van der Waals surface area contributed by atoms with Crippen LogP contribution >= 0.6 is 0 Å². The predicted octanol–water partition coefficient (Wildman–Crippen LogP) is 2.53. The summed E-state index contributed by atoms with van der Waals surface area (Å²) >= 11 is 0. The molecule has 2 aliphatic rings. The molecule has 2 aliphatic heterocycles. The van der Waals surface area contributed by atoms with Gasteiger partial charge < -0.3 is 9.64 Å². The van der Waals surface area contributed by atoms with Crippen LogP contribution < -0.4 is 9.64 Å². The van der Waals surface area contributed by atoms with Gasteiger partial charge in [-0.3, -0.25) is 9.48 Å². The van der Waals surface area contributed by atoms with Crippen molar-refractivity contribution in [1.29, 1.82) is 0 Å². The molecule has 0 bridgehead atoms. The van der Waals surface area contributed by atoms with E-state index in [0.29, 0.717) is 31.5 Å². The van der Waals surface area contributed by atoms with Gasteiger partial charge >= 0.3 is 6.36 Å². The number of aryl methyl sites for hydroxylation is 1. The van der Waals surface area contributed by atoms with E-state index >= 15 is 0 Å². The highest BCUT2D eigenvalue weighted by Gasteiger charge is 2.50. The van der Waals surface area contributed by atoms with Crippen LogP contribution in [0, 0.1) is 5.41 Å². The average Bonchev–Trinajstić information content (AvgIpc) is 3.27. The number of amides is 1. The summed E-state index contributed by atoms with van der Waals surface area (Å²) in [6.07, 6.45) is -2.03. The number of hydrogen-bond donors (Lipinski definition) is 0. The fourth-order valence-electron chi connectivity index (χ4n) is 4.26. The van der Waals surface area contributed by atoms with Crippen LogP contribution in [0.1, 0.15) is 19.3 Å². The van der Waals surface area contributed by atoms with Gasteiger partial charge in [-0.05, 0) is 49.6 Å². The summed E-state index contributed by atoms with van der Waals surface area (Å²) < 4.78 is 69.2. The molecule has 0 aliphatic carbocycles. The minimum atomic E-state index is -4.78. The number of piperidine rings is 1. The van der Waals surface area contributed by atoms with E-state index in [-0.39, 0.29) is 29.8 Å². The minimum Gasteiger partial charge on any atom is -0.406 e. The first-order valence-corrected chi connectivity index (χ1v) is 11.1. The normalized spacial score (nSPS) is 19.9. The summed E-state index contributed by atoms with van der Waals surface area (Å²) in [6.45, 7) is 0.851. The SMILES string of the molecule is Cn1nccc1S(=O)(=O)N1CCC2(CCN(c3ccc(OC(F)(F)F)cc3)C2=O)CC1. The Kier molecular flexibility index (Phi) is 5.24. The lowest BCUT2D eigenvalue weighted by Crippen LogP contribution is -2.46. The number of sulfonamides is 1. The van der Waals surface area contributed by atoms with Crippen LogP contribution in [0.2, 0.25) is 0 Å². The topological polar surface area (TPSA) is 84.7 Å². The second kappa shape index (κ2) is 7.52. The molecule has 1 aromatic heterocycles. The maximum absolute atomic E-state index is 13.2. The molecule has 4 rings (SSSR count). The molecule has 12 heteroatoms. The Labute approximate surface area is 177 Å². The lowest BCUT2D eigenvalue weighted by molar-refractivity contribution is -0.274. The third kappa shape index (κ3) is 4.01. The van der Waals surface area contributed by atoms with E-state index in [1.54, 1.807) is 11.9 Å².